The molecule has 0 heterocycles. The van der Waals surface area contributed by atoms with Gasteiger partial charge >= 0.3 is 0 Å². The van der Waals surface area contributed by atoms with Crippen LogP contribution in [0.3, 0.4) is 0 Å². The molecular weight excluding hydrogens is 362 g/mol. The molecule has 2 aromatic carbocycles. The minimum absolute atomic E-state index is 0.872. The first-order valence-electron chi connectivity index (χ1n) is 12.5. The van der Waals surface area contributed by atoms with E-state index >= 15 is 0 Å². The topological polar surface area (TPSA) is 3.24 Å². The fraction of sp³-hybridized carbons (Fsp3) is 0.586. The fourth-order valence-electron chi connectivity index (χ4n) is 4.15. The Morgan fingerprint density at radius 2 is 0.967 bits per heavy atom. The normalized spacial score (nSPS) is 11.5. The van der Waals surface area contributed by atoms with Gasteiger partial charge in [0.05, 0.1) is 0 Å². The van der Waals surface area contributed by atoms with Crippen LogP contribution in [0.1, 0.15) is 82.8 Å². The molecule has 1 heteroatoms. The van der Waals surface area contributed by atoms with E-state index < -0.39 is 0 Å². The molecule has 0 amide bonds. The van der Waals surface area contributed by atoms with E-state index in [1.807, 2.05) is 0 Å². The SMILES string of the molecule is CC(C)CCCCCCCCCCN(CCc1ccccc1)CCc1ccccc1. The number of rotatable bonds is 17. The molecule has 30 heavy (non-hydrogen) atoms. The van der Waals surface area contributed by atoms with Gasteiger partial charge in [-0.2, -0.15) is 0 Å². The molecule has 0 saturated heterocycles. The molecule has 0 aliphatic heterocycles. The first-order chi connectivity index (χ1) is 14.7. The van der Waals surface area contributed by atoms with Gasteiger partial charge in [-0.15, -0.1) is 0 Å². The fourth-order valence-corrected chi connectivity index (χ4v) is 4.15. The van der Waals surface area contributed by atoms with Crippen LogP contribution in [-0.4, -0.2) is 24.5 Å². The van der Waals surface area contributed by atoms with E-state index in [1.165, 1.54) is 88.5 Å². The maximum Gasteiger partial charge on any atom is 0.00219 e. The summed E-state index contributed by atoms with van der Waals surface area (Å²) in [4.78, 5) is 2.69. The second kappa shape index (κ2) is 16.1. The molecule has 0 N–H and O–H groups in total. The molecule has 0 fully saturated rings. The van der Waals surface area contributed by atoms with Crippen molar-refractivity contribution in [3.63, 3.8) is 0 Å². The van der Waals surface area contributed by atoms with Crippen molar-refractivity contribution in [3.8, 4) is 0 Å². The van der Waals surface area contributed by atoms with Crippen LogP contribution < -0.4 is 0 Å². The monoisotopic (exact) mass is 407 g/mol. The Labute approximate surface area is 186 Å². The van der Waals surface area contributed by atoms with Crippen molar-refractivity contribution in [2.75, 3.05) is 19.6 Å². The lowest BCUT2D eigenvalue weighted by Gasteiger charge is -2.22. The maximum atomic E-state index is 2.69. The van der Waals surface area contributed by atoms with Crippen molar-refractivity contribution in [2.24, 2.45) is 5.92 Å². The summed E-state index contributed by atoms with van der Waals surface area (Å²) in [5.74, 6) is 0.872. The predicted molar refractivity (Wildman–Crippen MR) is 133 cm³/mol. The maximum absolute atomic E-state index is 2.69. The first kappa shape index (κ1) is 24.7. The van der Waals surface area contributed by atoms with Crippen molar-refractivity contribution in [1.29, 1.82) is 0 Å². The van der Waals surface area contributed by atoms with Crippen LogP contribution in [0, 0.1) is 5.92 Å². The number of hydrogen-bond acceptors (Lipinski definition) is 1. The Bertz CT molecular complexity index is 576. The van der Waals surface area contributed by atoms with Gasteiger partial charge in [0.25, 0.3) is 0 Å². The lowest BCUT2D eigenvalue weighted by molar-refractivity contribution is 0.273. The summed E-state index contributed by atoms with van der Waals surface area (Å²) in [7, 11) is 0. The average molecular weight is 408 g/mol. The largest absolute Gasteiger partial charge is 0.303 e. The first-order valence-corrected chi connectivity index (χ1v) is 12.5. The third kappa shape index (κ3) is 12.2. The zero-order valence-corrected chi connectivity index (χ0v) is 19.7. The predicted octanol–water partition coefficient (Wildman–Crippen LogP) is 7.94. The highest BCUT2D eigenvalue weighted by molar-refractivity contribution is 5.16. The Kier molecular flexibility index (Phi) is 13.3. The Hall–Kier alpha value is -1.60. The second-order valence-electron chi connectivity index (χ2n) is 9.32. The van der Waals surface area contributed by atoms with E-state index in [2.05, 4.69) is 79.4 Å². The summed E-state index contributed by atoms with van der Waals surface area (Å²) in [6, 6.07) is 21.9. The molecule has 2 rings (SSSR count). The molecule has 0 unspecified atom stereocenters. The van der Waals surface area contributed by atoms with Crippen LogP contribution in [-0.2, 0) is 12.8 Å². The van der Waals surface area contributed by atoms with E-state index in [4.69, 9.17) is 0 Å². The van der Waals surface area contributed by atoms with Crippen LogP contribution in [0.25, 0.3) is 0 Å². The quantitative estimate of drug-likeness (QED) is 0.241. The second-order valence-corrected chi connectivity index (χ2v) is 9.32. The zero-order chi connectivity index (χ0) is 21.3. The van der Waals surface area contributed by atoms with Gasteiger partial charge in [0, 0.05) is 13.1 Å². The van der Waals surface area contributed by atoms with Crippen molar-refractivity contribution < 1.29 is 0 Å². The van der Waals surface area contributed by atoms with Gasteiger partial charge in [-0.25, -0.2) is 0 Å². The highest BCUT2D eigenvalue weighted by atomic mass is 15.1. The summed E-state index contributed by atoms with van der Waals surface area (Å²) in [6.07, 6.45) is 15.0. The van der Waals surface area contributed by atoms with Crippen LogP contribution >= 0.6 is 0 Å². The lowest BCUT2D eigenvalue weighted by Crippen LogP contribution is -2.29. The van der Waals surface area contributed by atoms with Gasteiger partial charge in [-0.05, 0) is 42.9 Å². The van der Waals surface area contributed by atoms with Crippen LogP contribution in [0.4, 0.5) is 0 Å². The van der Waals surface area contributed by atoms with Gasteiger partial charge in [-0.1, -0.05) is 126 Å². The number of unbranched alkanes of at least 4 members (excludes halogenated alkanes) is 7. The van der Waals surface area contributed by atoms with Crippen LogP contribution in [0.2, 0.25) is 0 Å². The van der Waals surface area contributed by atoms with Gasteiger partial charge in [0.15, 0.2) is 0 Å². The highest BCUT2D eigenvalue weighted by Crippen LogP contribution is 2.13. The summed E-state index contributed by atoms with van der Waals surface area (Å²) in [5, 5.41) is 0. The number of nitrogens with zero attached hydrogens (tertiary/aromatic N) is 1. The van der Waals surface area contributed by atoms with Crippen molar-refractivity contribution in [1.82, 2.24) is 4.90 Å². The molecule has 0 atom stereocenters. The van der Waals surface area contributed by atoms with Gasteiger partial charge < -0.3 is 4.90 Å². The molecule has 0 aliphatic rings. The number of benzene rings is 2. The summed E-state index contributed by atoms with van der Waals surface area (Å²) in [5.41, 5.74) is 2.92. The van der Waals surface area contributed by atoms with Crippen molar-refractivity contribution >= 4 is 0 Å². The van der Waals surface area contributed by atoms with E-state index in [0.29, 0.717) is 0 Å². The molecule has 0 radical (unpaired) electrons. The van der Waals surface area contributed by atoms with Crippen LogP contribution in [0.15, 0.2) is 60.7 Å². The minimum Gasteiger partial charge on any atom is -0.303 e. The van der Waals surface area contributed by atoms with E-state index in [9.17, 15) is 0 Å². The third-order valence-electron chi connectivity index (χ3n) is 6.12. The van der Waals surface area contributed by atoms with Crippen LogP contribution in [0.5, 0.6) is 0 Å². The molecule has 0 aromatic heterocycles. The minimum atomic E-state index is 0.872. The van der Waals surface area contributed by atoms with Crippen molar-refractivity contribution in [3.05, 3.63) is 71.8 Å². The molecule has 1 nitrogen and oxygen atoms in total. The van der Waals surface area contributed by atoms with Crippen molar-refractivity contribution in [2.45, 2.75) is 84.5 Å². The Balaban J connectivity index is 1.61. The molecule has 166 valence electrons. The zero-order valence-electron chi connectivity index (χ0n) is 19.7. The summed E-state index contributed by atoms with van der Waals surface area (Å²) < 4.78 is 0. The molecule has 2 aromatic rings. The van der Waals surface area contributed by atoms with E-state index in [0.717, 1.165) is 18.8 Å². The standard InChI is InChI=1S/C29H45N/c1-27(2)17-11-7-5-3-4-6-8-16-24-30(25-22-28-18-12-9-13-19-28)26-23-29-20-14-10-15-21-29/h9-10,12-15,18-21,27H,3-8,11,16-17,22-26H2,1-2H3. The summed E-state index contributed by atoms with van der Waals surface area (Å²) in [6.45, 7) is 8.26. The Morgan fingerprint density at radius 1 is 0.533 bits per heavy atom. The Morgan fingerprint density at radius 3 is 1.43 bits per heavy atom. The summed E-state index contributed by atoms with van der Waals surface area (Å²) >= 11 is 0. The molecule has 0 saturated carbocycles. The van der Waals surface area contributed by atoms with E-state index in [-0.39, 0.29) is 0 Å². The molecular formula is C29H45N. The lowest BCUT2D eigenvalue weighted by atomic mass is 10.0. The molecule has 0 bridgehead atoms. The molecule has 0 aliphatic carbocycles. The third-order valence-corrected chi connectivity index (χ3v) is 6.12. The van der Waals surface area contributed by atoms with Gasteiger partial charge in [0.1, 0.15) is 0 Å². The van der Waals surface area contributed by atoms with Gasteiger partial charge in [0.2, 0.25) is 0 Å². The van der Waals surface area contributed by atoms with E-state index in [1.54, 1.807) is 0 Å². The highest BCUT2D eigenvalue weighted by Gasteiger charge is 2.06. The van der Waals surface area contributed by atoms with Gasteiger partial charge in [-0.3, -0.25) is 0 Å². The smallest absolute Gasteiger partial charge is 0.00219 e. The number of hydrogen-bond donors (Lipinski definition) is 0. The molecule has 0 spiro atoms. The average Bonchev–Trinajstić information content (AvgIpc) is 2.77.